The maximum absolute atomic E-state index is 7.68. The number of likely N-dealkylation sites (tertiary alicyclic amines) is 1. The number of ether oxygens (including phenoxy) is 2. The van der Waals surface area contributed by atoms with Crippen LogP contribution in [0.4, 0.5) is 0 Å². The van der Waals surface area contributed by atoms with E-state index in [1.807, 2.05) is 11.8 Å². The summed E-state index contributed by atoms with van der Waals surface area (Å²) in [6.45, 7) is 3.55. The molecule has 13 heavy (non-hydrogen) atoms. The third kappa shape index (κ3) is 2.19. The Kier molecular flexibility index (Phi) is 3.69. The first-order chi connectivity index (χ1) is 6.22. The Morgan fingerprint density at radius 2 is 1.77 bits per heavy atom. The molecule has 0 radical (unpaired) electrons. The smallest absolute Gasteiger partial charge is 0.102 e. The summed E-state index contributed by atoms with van der Waals surface area (Å²) >= 11 is 0. The van der Waals surface area contributed by atoms with E-state index in [1.54, 1.807) is 14.2 Å². The first-order valence-electron chi connectivity index (χ1n) is 4.60. The molecule has 0 aromatic carbocycles. The van der Waals surface area contributed by atoms with Crippen LogP contribution in [0.5, 0.6) is 0 Å². The zero-order chi connectivity index (χ0) is 9.84. The second-order valence-corrected chi connectivity index (χ2v) is 3.25. The topological polar surface area (TPSA) is 45.6 Å². The highest BCUT2D eigenvalue weighted by Gasteiger charge is 2.33. The zero-order valence-electron chi connectivity index (χ0n) is 8.54. The van der Waals surface area contributed by atoms with Gasteiger partial charge in [-0.1, -0.05) is 6.92 Å². The quantitative estimate of drug-likeness (QED) is 0.522. The second kappa shape index (κ2) is 4.58. The summed E-state index contributed by atoms with van der Waals surface area (Å²) in [5, 5.41) is 7.68. The molecule has 76 valence electrons. The molecule has 0 aromatic rings. The van der Waals surface area contributed by atoms with Crippen molar-refractivity contribution in [2.24, 2.45) is 0 Å². The summed E-state index contributed by atoms with van der Waals surface area (Å²) in [5.41, 5.74) is 0. The maximum atomic E-state index is 7.68. The molecule has 1 rings (SSSR count). The van der Waals surface area contributed by atoms with E-state index in [0.717, 1.165) is 19.5 Å². The molecular formula is C9H18N2O2. The molecule has 2 unspecified atom stereocenters. The van der Waals surface area contributed by atoms with Crippen molar-refractivity contribution in [2.45, 2.75) is 25.6 Å². The van der Waals surface area contributed by atoms with Crippen molar-refractivity contribution in [1.29, 1.82) is 5.41 Å². The minimum Gasteiger partial charge on any atom is -0.377 e. The van der Waals surface area contributed by atoms with Crippen molar-refractivity contribution in [3.05, 3.63) is 0 Å². The first-order valence-corrected chi connectivity index (χ1v) is 4.60. The number of nitrogens with zero attached hydrogens (tertiary/aromatic N) is 1. The van der Waals surface area contributed by atoms with Gasteiger partial charge in [-0.25, -0.2) is 0 Å². The normalized spacial score (nSPS) is 28.1. The number of methoxy groups -OCH3 is 2. The van der Waals surface area contributed by atoms with Gasteiger partial charge in [-0.15, -0.1) is 0 Å². The lowest BCUT2D eigenvalue weighted by atomic mass is 10.3. The molecule has 1 aliphatic heterocycles. The van der Waals surface area contributed by atoms with Gasteiger partial charge >= 0.3 is 0 Å². The van der Waals surface area contributed by atoms with E-state index >= 15 is 0 Å². The van der Waals surface area contributed by atoms with Crippen molar-refractivity contribution < 1.29 is 9.47 Å². The van der Waals surface area contributed by atoms with Crippen molar-refractivity contribution in [3.8, 4) is 0 Å². The van der Waals surface area contributed by atoms with Crippen LogP contribution in [-0.4, -0.2) is 50.3 Å². The molecule has 0 bridgehead atoms. The molecule has 1 aliphatic rings. The SMILES string of the molecule is CCC(=N)N1CC(OC)C(OC)C1. The van der Waals surface area contributed by atoms with E-state index in [1.165, 1.54) is 0 Å². The number of hydrogen-bond acceptors (Lipinski definition) is 3. The standard InChI is InChI=1S/C9H18N2O2/c1-4-9(10)11-5-7(12-2)8(6-11)13-3/h7-8,10H,4-6H2,1-3H3. The van der Waals surface area contributed by atoms with Gasteiger partial charge in [0.05, 0.1) is 5.84 Å². The largest absolute Gasteiger partial charge is 0.377 e. The molecule has 4 heteroatoms. The summed E-state index contributed by atoms with van der Waals surface area (Å²) in [6, 6.07) is 0. The minimum absolute atomic E-state index is 0.108. The van der Waals surface area contributed by atoms with Crippen LogP contribution in [0.1, 0.15) is 13.3 Å². The summed E-state index contributed by atoms with van der Waals surface area (Å²) in [6.07, 6.45) is 0.987. The van der Waals surface area contributed by atoms with Crippen molar-refractivity contribution in [3.63, 3.8) is 0 Å². The van der Waals surface area contributed by atoms with E-state index in [2.05, 4.69) is 0 Å². The zero-order valence-corrected chi connectivity index (χ0v) is 8.54. The molecule has 0 spiro atoms. The van der Waals surface area contributed by atoms with Gasteiger partial charge in [0.2, 0.25) is 0 Å². The summed E-state index contributed by atoms with van der Waals surface area (Å²) in [5.74, 6) is 0.668. The van der Waals surface area contributed by atoms with Crippen LogP contribution in [0.2, 0.25) is 0 Å². The number of rotatable bonds is 3. The van der Waals surface area contributed by atoms with E-state index in [4.69, 9.17) is 14.9 Å². The summed E-state index contributed by atoms with van der Waals surface area (Å²) < 4.78 is 10.6. The number of nitrogens with one attached hydrogen (secondary N) is 1. The van der Waals surface area contributed by atoms with E-state index in [9.17, 15) is 0 Å². The first kappa shape index (κ1) is 10.5. The Hall–Kier alpha value is -0.610. The Labute approximate surface area is 79.3 Å². The van der Waals surface area contributed by atoms with Crippen molar-refractivity contribution in [2.75, 3.05) is 27.3 Å². The monoisotopic (exact) mass is 186 g/mol. The van der Waals surface area contributed by atoms with E-state index in [-0.39, 0.29) is 12.2 Å². The molecule has 0 amide bonds. The predicted molar refractivity (Wildman–Crippen MR) is 51.2 cm³/mol. The molecule has 0 aromatic heterocycles. The van der Waals surface area contributed by atoms with Crippen LogP contribution < -0.4 is 0 Å². The highest BCUT2D eigenvalue weighted by Crippen LogP contribution is 2.16. The van der Waals surface area contributed by atoms with Gasteiger partial charge in [0.1, 0.15) is 12.2 Å². The fourth-order valence-electron chi connectivity index (χ4n) is 1.64. The van der Waals surface area contributed by atoms with Gasteiger partial charge in [-0.05, 0) is 0 Å². The fourth-order valence-corrected chi connectivity index (χ4v) is 1.64. The maximum Gasteiger partial charge on any atom is 0.102 e. The lowest BCUT2D eigenvalue weighted by Crippen LogP contribution is -2.28. The molecule has 1 heterocycles. The number of hydrogen-bond donors (Lipinski definition) is 1. The van der Waals surface area contributed by atoms with E-state index < -0.39 is 0 Å². The molecule has 1 saturated heterocycles. The third-order valence-electron chi connectivity index (χ3n) is 2.54. The van der Waals surface area contributed by atoms with Crippen molar-refractivity contribution in [1.82, 2.24) is 4.90 Å². The van der Waals surface area contributed by atoms with Gasteiger partial charge in [0.15, 0.2) is 0 Å². The lowest BCUT2D eigenvalue weighted by Gasteiger charge is -2.17. The molecule has 1 fully saturated rings. The summed E-state index contributed by atoms with van der Waals surface area (Å²) in [7, 11) is 3.38. The highest BCUT2D eigenvalue weighted by molar-refractivity contribution is 5.79. The molecule has 1 N–H and O–H groups in total. The Morgan fingerprint density at radius 1 is 1.31 bits per heavy atom. The predicted octanol–water partition coefficient (Wildman–Crippen LogP) is 0.719. The van der Waals surface area contributed by atoms with Gasteiger partial charge < -0.3 is 14.4 Å². The lowest BCUT2D eigenvalue weighted by molar-refractivity contribution is -0.00461. The van der Waals surface area contributed by atoms with Crippen LogP contribution in [0.25, 0.3) is 0 Å². The Bertz CT molecular complexity index is 172. The average Bonchev–Trinajstić information content (AvgIpc) is 2.59. The highest BCUT2D eigenvalue weighted by atomic mass is 16.5. The van der Waals surface area contributed by atoms with Crippen molar-refractivity contribution >= 4 is 5.84 Å². The molecular weight excluding hydrogens is 168 g/mol. The number of amidine groups is 1. The molecule has 2 atom stereocenters. The molecule has 0 aliphatic carbocycles. The Morgan fingerprint density at radius 3 is 2.08 bits per heavy atom. The van der Waals surface area contributed by atoms with Crippen LogP contribution >= 0.6 is 0 Å². The Balaban J connectivity index is 2.52. The third-order valence-corrected chi connectivity index (χ3v) is 2.54. The van der Waals surface area contributed by atoms with Gasteiger partial charge in [0.25, 0.3) is 0 Å². The minimum atomic E-state index is 0.108. The summed E-state index contributed by atoms with van der Waals surface area (Å²) in [4.78, 5) is 2.02. The fraction of sp³-hybridized carbons (Fsp3) is 0.889. The van der Waals surface area contributed by atoms with Crippen LogP contribution in [0, 0.1) is 5.41 Å². The van der Waals surface area contributed by atoms with Crippen LogP contribution in [-0.2, 0) is 9.47 Å². The second-order valence-electron chi connectivity index (χ2n) is 3.25. The van der Waals surface area contributed by atoms with Gasteiger partial charge in [-0.3, -0.25) is 5.41 Å². The van der Waals surface area contributed by atoms with E-state index in [0.29, 0.717) is 5.84 Å². The van der Waals surface area contributed by atoms with Gasteiger partial charge in [0, 0.05) is 33.7 Å². The average molecular weight is 186 g/mol. The molecule has 0 saturated carbocycles. The van der Waals surface area contributed by atoms with Gasteiger partial charge in [-0.2, -0.15) is 0 Å². The van der Waals surface area contributed by atoms with Crippen LogP contribution in [0.3, 0.4) is 0 Å². The van der Waals surface area contributed by atoms with Crippen LogP contribution in [0.15, 0.2) is 0 Å². The molecule has 4 nitrogen and oxygen atoms in total.